The first-order valence-electron chi connectivity index (χ1n) is 9.35. The van der Waals surface area contributed by atoms with E-state index < -0.39 is 0 Å². The smallest absolute Gasteiger partial charge is 0.255 e. The molecule has 1 saturated heterocycles. The summed E-state index contributed by atoms with van der Waals surface area (Å²) in [5, 5.41) is 13.0. The lowest BCUT2D eigenvalue weighted by molar-refractivity contribution is 0.115. The van der Waals surface area contributed by atoms with Gasteiger partial charge in [0.1, 0.15) is 0 Å². The number of nitrogens with one attached hydrogen (secondary N) is 1. The second-order valence-corrected chi connectivity index (χ2v) is 7.32. The standard InChI is InChI=1S/C20H27ClN4O2/c1-16-2-5-20(27)25(15-16)19-4-3-17(14-18(19)21)22-6-7-23-8-10-24(11-9-23)12-13-26/h2-5,14-15,22,26H,6-13H2,1H3. The predicted molar refractivity (Wildman–Crippen MR) is 110 cm³/mol. The highest BCUT2D eigenvalue weighted by Crippen LogP contribution is 2.23. The second-order valence-electron chi connectivity index (χ2n) is 6.91. The minimum absolute atomic E-state index is 0.0939. The number of aliphatic hydroxyl groups is 1. The van der Waals surface area contributed by atoms with Crippen LogP contribution >= 0.6 is 11.6 Å². The third kappa shape index (κ3) is 5.32. The van der Waals surface area contributed by atoms with Crippen molar-refractivity contribution in [3.63, 3.8) is 0 Å². The summed E-state index contributed by atoms with van der Waals surface area (Å²) in [4.78, 5) is 16.8. The van der Waals surface area contributed by atoms with Gasteiger partial charge in [-0.3, -0.25) is 19.2 Å². The van der Waals surface area contributed by atoms with Crippen molar-refractivity contribution in [3.05, 3.63) is 57.5 Å². The fraction of sp³-hybridized carbons (Fsp3) is 0.450. The zero-order valence-corrected chi connectivity index (χ0v) is 16.5. The molecule has 1 aliphatic rings. The largest absolute Gasteiger partial charge is 0.395 e. The van der Waals surface area contributed by atoms with Crippen molar-refractivity contribution in [2.24, 2.45) is 0 Å². The summed E-state index contributed by atoms with van der Waals surface area (Å²) in [7, 11) is 0. The SMILES string of the molecule is Cc1ccc(=O)n(-c2ccc(NCCN3CCN(CCO)CC3)cc2Cl)c1. The number of rotatable bonds is 7. The van der Waals surface area contributed by atoms with Gasteiger partial charge in [0, 0.05) is 63.8 Å². The van der Waals surface area contributed by atoms with Crippen molar-refractivity contribution in [3.8, 4) is 5.69 Å². The van der Waals surface area contributed by atoms with E-state index in [0.717, 1.165) is 57.1 Å². The normalized spacial score (nSPS) is 15.8. The first-order valence-corrected chi connectivity index (χ1v) is 9.73. The predicted octanol–water partition coefficient (Wildman–Crippen LogP) is 1.82. The highest BCUT2D eigenvalue weighted by atomic mass is 35.5. The molecule has 0 aliphatic carbocycles. The Labute approximate surface area is 165 Å². The maximum Gasteiger partial charge on any atom is 0.255 e. The van der Waals surface area contributed by atoms with Gasteiger partial charge in [-0.15, -0.1) is 0 Å². The van der Waals surface area contributed by atoms with E-state index in [2.05, 4.69) is 15.1 Å². The molecule has 2 aromatic rings. The highest BCUT2D eigenvalue weighted by Gasteiger charge is 2.15. The van der Waals surface area contributed by atoms with E-state index in [9.17, 15) is 4.79 Å². The fourth-order valence-corrected chi connectivity index (χ4v) is 3.60. The van der Waals surface area contributed by atoms with Crippen LogP contribution in [0.4, 0.5) is 5.69 Å². The number of β-amino-alcohol motifs (C(OH)–C–C–N with tert-alkyl or cyclic N) is 1. The Morgan fingerprint density at radius 2 is 1.78 bits per heavy atom. The molecule has 6 nitrogen and oxygen atoms in total. The van der Waals surface area contributed by atoms with Crippen LogP contribution in [0.25, 0.3) is 5.69 Å². The van der Waals surface area contributed by atoms with Crippen LogP contribution in [0.15, 0.2) is 41.3 Å². The monoisotopic (exact) mass is 390 g/mol. The van der Waals surface area contributed by atoms with E-state index in [1.807, 2.05) is 25.1 Å². The number of hydrogen-bond donors (Lipinski definition) is 2. The van der Waals surface area contributed by atoms with Gasteiger partial charge in [-0.1, -0.05) is 17.7 Å². The minimum Gasteiger partial charge on any atom is -0.395 e. The molecule has 1 aliphatic heterocycles. The Kier molecular flexibility index (Phi) is 6.90. The third-order valence-corrected chi connectivity index (χ3v) is 5.21. The summed E-state index contributed by atoms with van der Waals surface area (Å²) < 4.78 is 1.58. The van der Waals surface area contributed by atoms with Crippen LogP contribution in [-0.4, -0.2) is 71.9 Å². The molecule has 1 aromatic heterocycles. The van der Waals surface area contributed by atoms with E-state index in [4.69, 9.17) is 16.7 Å². The van der Waals surface area contributed by atoms with Gasteiger partial charge in [0.05, 0.1) is 17.3 Å². The Bertz CT molecular complexity index is 816. The molecule has 1 fully saturated rings. The van der Waals surface area contributed by atoms with Gasteiger partial charge >= 0.3 is 0 Å². The van der Waals surface area contributed by atoms with E-state index in [1.165, 1.54) is 0 Å². The maximum atomic E-state index is 12.1. The van der Waals surface area contributed by atoms with Gasteiger partial charge < -0.3 is 10.4 Å². The number of hydrogen-bond acceptors (Lipinski definition) is 5. The maximum absolute atomic E-state index is 12.1. The summed E-state index contributed by atoms with van der Waals surface area (Å²) in [5.41, 5.74) is 2.55. The van der Waals surface area contributed by atoms with Crippen LogP contribution < -0.4 is 10.9 Å². The molecule has 2 heterocycles. The van der Waals surface area contributed by atoms with E-state index in [1.54, 1.807) is 22.9 Å². The van der Waals surface area contributed by atoms with E-state index in [-0.39, 0.29) is 12.2 Å². The van der Waals surface area contributed by atoms with Gasteiger partial charge in [0.2, 0.25) is 0 Å². The minimum atomic E-state index is -0.0939. The molecule has 0 unspecified atom stereocenters. The van der Waals surface area contributed by atoms with Gasteiger partial charge in [-0.05, 0) is 30.7 Å². The Hall–Kier alpha value is -1.86. The first kappa shape index (κ1) is 19.9. The Balaban J connectivity index is 1.54. The number of pyridine rings is 1. The van der Waals surface area contributed by atoms with Crippen LogP contribution in [0.2, 0.25) is 5.02 Å². The van der Waals surface area contributed by atoms with Crippen molar-refractivity contribution in [1.82, 2.24) is 14.4 Å². The van der Waals surface area contributed by atoms with Crippen LogP contribution in [-0.2, 0) is 0 Å². The molecule has 0 bridgehead atoms. The van der Waals surface area contributed by atoms with Crippen LogP contribution in [0.1, 0.15) is 5.56 Å². The number of aryl methyl sites for hydroxylation is 1. The molecule has 1 aromatic carbocycles. The van der Waals surface area contributed by atoms with Gasteiger partial charge in [0.15, 0.2) is 0 Å². The van der Waals surface area contributed by atoms with Crippen molar-refractivity contribution >= 4 is 17.3 Å². The first-order chi connectivity index (χ1) is 13.1. The molecule has 27 heavy (non-hydrogen) atoms. The van der Waals surface area contributed by atoms with Crippen molar-refractivity contribution in [2.45, 2.75) is 6.92 Å². The quantitative estimate of drug-likeness (QED) is 0.755. The molecular formula is C20H27ClN4O2. The lowest BCUT2D eigenvalue weighted by Gasteiger charge is -2.34. The van der Waals surface area contributed by atoms with E-state index >= 15 is 0 Å². The summed E-state index contributed by atoms with van der Waals surface area (Å²) in [6.07, 6.45) is 1.80. The number of benzene rings is 1. The van der Waals surface area contributed by atoms with Gasteiger partial charge in [0.25, 0.3) is 5.56 Å². The second kappa shape index (κ2) is 9.37. The number of nitrogens with zero attached hydrogens (tertiary/aromatic N) is 3. The zero-order chi connectivity index (χ0) is 19.2. The van der Waals surface area contributed by atoms with E-state index in [0.29, 0.717) is 10.7 Å². The fourth-order valence-electron chi connectivity index (χ4n) is 3.33. The van der Waals surface area contributed by atoms with Crippen molar-refractivity contribution in [1.29, 1.82) is 0 Å². The molecule has 0 spiro atoms. The molecule has 2 N–H and O–H groups in total. The van der Waals surface area contributed by atoms with Gasteiger partial charge in [-0.25, -0.2) is 0 Å². The number of anilines is 1. The highest BCUT2D eigenvalue weighted by molar-refractivity contribution is 6.32. The zero-order valence-electron chi connectivity index (χ0n) is 15.7. The topological polar surface area (TPSA) is 60.7 Å². The number of aromatic nitrogens is 1. The summed E-state index contributed by atoms with van der Waals surface area (Å²) in [5.74, 6) is 0. The molecule has 0 saturated carbocycles. The lowest BCUT2D eigenvalue weighted by Crippen LogP contribution is -2.48. The lowest BCUT2D eigenvalue weighted by atomic mass is 10.2. The molecule has 7 heteroatoms. The molecule has 0 atom stereocenters. The number of piperazine rings is 1. The average Bonchev–Trinajstić information content (AvgIpc) is 2.66. The summed E-state index contributed by atoms with van der Waals surface area (Å²) in [6.45, 7) is 8.80. The Morgan fingerprint density at radius 1 is 1.07 bits per heavy atom. The molecule has 0 radical (unpaired) electrons. The van der Waals surface area contributed by atoms with Crippen molar-refractivity contribution < 1.29 is 5.11 Å². The molecular weight excluding hydrogens is 364 g/mol. The van der Waals surface area contributed by atoms with Crippen LogP contribution in [0, 0.1) is 6.92 Å². The third-order valence-electron chi connectivity index (χ3n) is 4.90. The average molecular weight is 391 g/mol. The summed E-state index contributed by atoms with van der Waals surface area (Å²) in [6, 6.07) is 9.05. The molecule has 0 amide bonds. The number of aliphatic hydroxyl groups excluding tert-OH is 1. The van der Waals surface area contributed by atoms with Crippen LogP contribution in [0.5, 0.6) is 0 Å². The van der Waals surface area contributed by atoms with Crippen LogP contribution in [0.3, 0.4) is 0 Å². The molecule has 146 valence electrons. The van der Waals surface area contributed by atoms with Gasteiger partial charge in [-0.2, -0.15) is 0 Å². The van der Waals surface area contributed by atoms with Crippen molar-refractivity contribution in [2.75, 3.05) is 57.7 Å². The Morgan fingerprint density at radius 3 is 2.44 bits per heavy atom. The molecule has 3 rings (SSSR count). The number of halogens is 1. The summed E-state index contributed by atoms with van der Waals surface area (Å²) >= 11 is 6.43.